The summed E-state index contributed by atoms with van der Waals surface area (Å²) >= 11 is 0. The molecule has 0 aliphatic carbocycles. The first-order chi connectivity index (χ1) is 9.53. The molecule has 0 amide bonds. The normalized spacial score (nSPS) is 11.6. The van der Waals surface area contributed by atoms with Crippen LogP contribution in [-0.2, 0) is 11.3 Å². The molecule has 0 unspecified atom stereocenters. The van der Waals surface area contributed by atoms with Gasteiger partial charge in [-0.05, 0) is 43.4 Å². The largest absolute Gasteiger partial charge is 0.507 e. The van der Waals surface area contributed by atoms with E-state index in [4.69, 9.17) is 4.74 Å². The van der Waals surface area contributed by atoms with E-state index in [1.807, 2.05) is 13.8 Å². The van der Waals surface area contributed by atoms with Crippen LogP contribution in [0.5, 0.6) is 5.75 Å². The van der Waals surface area contributed by atoms with Gasteiger partial charge in [-0.1, -0.05) is 26.0 Å². The minimum atomic E-state index is 0.416. The molecule has 0 aliphatic rings. The molecule has 0 saturated heterocycles. The second-order valence-corrected chi connectivity index (χ2v) is 5.51. The van der Waals surface area contributed by atoms with Crippen LogP contribution >= 0.6 is 0 Å². The zero-order valence-corrected chi connectivity index (χ0v) is 13.6. The standard InChI is InChI=1S/C17H29NO2/c1-6-16(7-2)18(8-9-20-5)12-15-10-13(3)17(19)14(4)11-15/h10-11,16,19H,6-9,12H2,1-5H3. The Morgan fingerprint density at radius 1 is 1.15 bits per heavy atom. The van der Waals surface area contributed by atoms with E-state index in [0.29, 0.717) is 11.8 Å². The zero-order valence-electron chi connectivity index (χ0n) is 13.6. The number of aromatic hydroxyl groups is 1. The van der Waals surface area contributed by atoms with Crippen molar-refractivity contribution in [3.8, 4) is 5.75 Å². The third kappa shape index (κ3) is 4.50. The first-order valence-corrected chi connectivity index (χ1v) is 7.55. The summed E-state index contributed by atoms with van der Waals surface area (Å²) in [5, 5.41) is 9.87. The minimum Gasteiger partial charge on any atom is -0.507 e. The quantitative estimate of drug-likeness (QED) is 0.788. The molecule has 0 spiro atoms. The average molecular weight is 279 g/mol. The molecular weight excluding hydrogens is 250 g/mol. The van der Waals surface area contributed by atoms with Gasteiger partial charge in [-0.3, -0.25) is 4.90 Å². The molecule has 20 heavy (non-hydrogen) atoms. The maximum Gasteiger partial charge on any atom is 0.121 e. The van der Waals surface area contributed by atoms with E-state index in [1.165, 1.54) is 5.56 Å². The second kappa shape index (κ2) is 8.28. The maximum absolute atomic E-state index is 9.87. The van der Waals surface area contributed by atoms with Crippen LogP contribution in [0.3, 0.4) is 0 Å². The summed E-state index contributed by atoms with van der Waals surface area (Å²) in [6.07, 6.45) is 2.30. The highest BCUT2D eigenvalue weighted by Crippen LogP contribution is 2.24. The summed E-state index contributed by atoms with van der Waals surface area (Å²) in [6, 6.07) is 4.76. The summed E-state index contributed by atoms with van der Waals surface area (Å²) in [7, 11) is 1.75. The number of aryl methyl sites for hydroxylation is 2. The molecule has 0 heterocycles. The summed E-state index contributed by atoms with van der Waals surface area (Å²) in [4.78, 5) is 2.48. The SMILES string of the molecule is CCC(CC)N(CCOC)Cc1cc(C)c(O)c(C)c1. The van der Waals surface area contributed by atoms with E-state index in [9.17, 15) is 5.11 Å². The fraction of sp³-hybridized carbons (Fsp3) is 0.647. The van der Waals surface area contributed by atoms with Gasteiger partial charge in [0.25, 0.3) is 0 Å². The van der Waals surface area contributed by atoms with Crippen molar-refractivity contribution < 1.29 is 9.84 Å². The molecular formula is C17H29NO2. The molecule has 3 heteroatoms. The molecule has 0 saturated carbocycles. The Morgan fingerprint density at radius 2 is 1.70 bits per heavy atom. The molecule has 1 aromatic carbocycles. The van der Waals surface area contributed by atoms with Gasteiger partial charge in [0.05, 0.1) is 6.61 Å². The predicted molar refractivity (Wildman–Crippen MR) is 84.2 cm³/mol. The van der Waals surface area contributed by atoms with Crippen LogP contribution in [0.1, 0.15) is 43.4 Å². The monoisotopic (exact) mass is 279 g/mol. The molecule has 0 fully saturated rings. The molecule has 0 bridgehead atoms. The molecule has 0 aromatic heterocycles. The summed E-state index contributed by atoms with van der Waals surface area (Å²) in [5.41, 5.74) is 3.17. The summed E-state index contributed by atoms with van der Waals surface area (Å²) in [5.74, 6) is 0.416. The third-order valence-electron chi connectivity index (χ3n) is 3.98. The van der Waals surface area contributed by atoms with Crippen LogP contribution in [0, 0.1) is 13.8 Å². The number of phenolic OH excluding ortho intramolecular Hbond substituents is 1. The van der Waals surface area contributed by atoms with Gasteiger partial charge in [-0.15, -0.1) is 0 Å². The van der Waals surface area contributed by atoms with Crippen LogP contribution in [0.25, 0.3) is 0 Å². The summed E-state index contributed by atoms with van der Waals surface area (Å²) < 4.78 is 5.23. The Labute approximate surface area is 123 Å². The van der Waals surface area contributed by atoms with Crippen molar-refractivity contribution in [1.29, 1.82) is 0 Å². The van der Waals surface area contributed by atoms with Crippen molar-refractivity contribution in [3.05, 3.63) is 28.8 Å². The molecule has 114 valence electrons. The van der Waals surface area contributed by atoms with Gasteiger partial charge >= 0.3 is 0 Å². The van der Waals surface area contributed by atoms with E-state index in [-0.39, 0.29) is 0 Å². The van der Waals surface area contributed by atoms with E-state index in [1.54, 1.807) is 7.11 Å². The highest BCUT2D eigenvalue weighted by atomic mass is 16.5. The van der Waals surface area contributed by atoms with Crippen molar-refractivity contribution in [2.45, 2.75) is 53.1 Å². The van der Waals surface area contributed by atoms with Gasteiger partial charge in [0.1, 0.15) is 5.75 Å². The van der Waals surface area contributed by atoms with E-state index < -0.39 is 0 Å². The molecule has 0 radical (unpaired) electrons. The van der Waals surface area contributed by atoms with Gasteiger partial charge in [-0.25, -0.2) is 0 Å². The smallest absolute Gasteiger partial charge is 0.121 e. The fourth-order valence-corrected chi connectivity index (χ4v) is 2.78. The number of methoxy groups -OCH3 is 1. The zero-order chi connectivity index (χ0) is 15.1. The van der Waals surface area contributed by atoms with Crippen molar-refractivity contribution in [1.82, 2.24) is 4.90 Å². The molecule has 1 N–H and O–H groups in total. The number of hydrogen-bond acceptors (Lipinski definition) is 3. The first kappa shape index (κ1) is 17.0. The molecule has 0 aliphatic heterocycles. The van der Waals surface area contributed by atoms with Gasteiger partial charge in [0, 0.05) is 26.2 Å². The van der Waals surface area contributed by atoms with Crippen molar-refractivity contribution >= 4 is 0 Å². The lowest BCUT2D eigenvalue weighted by atomic mass is 10.0. The lowest BCUT2D eigenvalue weighted by Crippen LogP contribution is -2.36. The average Bonchev–Trinajstić information content (AvgIpc) is 2.43. The number of phenols is 1. The van der Waals surface area contributed by atoms with Gasteiger partial charge in [0.15, 0.2) is 0 Å². The molecule has 1 rings (SSSR count). The van der Waals surface area contributed by atoms with Crippen LogP contribution in [0.2, 0.25) is 0 Å². The van der Waals surface area contributed by atoms with E-state index >= 15 is 0 Å². The third-order valence-corrected chi connectivity index (χ3v) is 3.98. The highest BCUT2D eigenvalue weighted by Gasteiger charge is 2.16. The molecule has 3 nitrogen and oxygen atoms in total. The van der Waals surface area contributed by atoms with Crippen LogP contribution < -0.4 is 0 Å². The van der Waals surface area contributed by atoms with E-state index in [0.717, 1.165) is 43.7 Å². The summed E-state index contributed by atoms with van der Waals surface area (Å²) in [6.45, 7) is 11.0. The molecule has 0 atom stereocenters. The predicted octanol–water partition coefficient (Wildman–Crippen LogP) is 3.65. The first-order valence-electron chi connectivity index (χ1n) is 7.55. The Bertz CT molecular complexity index is 390. The number of ether oxygens (including phenoxy) is 1. The lowest BCUT2D eigenvalue weighted by molar-refractivity contribution is 0.110. The second-order valence-electron chi connectivity index (χ2n) is 5.51. The number of benzene rings is 1. The van der Waals surface area contributed by atoms with Crippen LogP contribution in [-0.4, -0.2) is 36.3 Å². The van der Waals surface area contributed by atoms with Gasteiger partial charge < -0.3 is 9.84 Å². The number of nitrogens with zero attached hydrogens (tertiary/aromatic N) is 1. The number of rotatable bonds is 8. The Morgan fingerprint density at radius 3 is 2.15 bits per heavy atom. The highest BCUT2D eigenvalue weighted by molar-refractivity contribution is 5.42. The van der Waals surface area contributed by atoms with Crippen molar-refractivity contribution in [3.63, 3.8) is 0 Å². The van der Waals surface area contributed by atoms with Gasteiger partial charge in [-0.2, -0.15) is 0 Å². The topological polar surface area (TPSA) is 32.7 Å². The number of hydrogen-bond donors (Lipinski definition) is 1. The molecule has 1 aromatic rings. The Hall–Kier alpha value is -1.06. The van der Waals surface area contributed by atoms with Crippen LogP contribution in [0.4, 0.5) is 0 Å². The Balaban J connectivity index is 2.88. The lowest BCUT2D eigenvalue weighted by Gasteiger charge is -2.30. The van der Waals surface area contributed by atoms with Gasteiger partial charge in [0.2, 0.25) is 0 Å². The minimum absolute atomic E-state index is 0.416. The maximum atomic E-state index is 9.87. The fourth-order valence-electron chi connectivity index (χ4n) is 2.78. The van der Waals surface area contributed by atoms with Crippen LogP contribution in [0.15, 0.2) is 12.1 Å². The van der Waals surface area contributed by atoms with E-state index in [2.05, 4.69) is 30.9 Å². The van der Waals surface area contributed by atoms with Crippen molar-refractivity contribution in [2.75, 3.05) is 20.3 Å². The van der Waals surface area contributed by atoms with Crippen molar-refractivity contribution in [2.24, 2.45) is 0 Å². The Kier molecular flexibility index (Phi) is 7.03.